The highest BCUT2D eigenvalue weighted by Crippen LogP contribution is 2.37. The SMILES string of the molecule is CCC1(C)CCN(S(=O)(=O)c2cc(Br)c(C)cc2Br)CC1. The summed E-state index contributed by atoms with van der Waals surface area (Å²) in [6.45, 7) is 7.57. The third-order valence-corrected chi connectivity index (χ3v) is 8.33. The number of hydrogen-bond acceptors (Lipinski definition) is 2. The highest BCUT2D eigenvalue weighted by Gasteiger charge is 2.35. The highest BCUT2D eigenvalue weighted by molar-refractivity contribution is 9.11. The fourth-order valence-electron chi connectivity index (χ4n) is 2.58. The molecule has 0 amide bonds. The van der Waals surface area contributed by atoms with Crippen LogP contribution in [0.2, 0.25) is 0 Å². The molecule has 1 fully saturated rings. The second-order valence-electron chi connectivity index (χ2n) is 6.10. The Kier molecular flexibility index (Phi) is 5.23. The number of benzene rings is 1. The molecule has 0 saturated carbocycles. The van der Waals surface area contributed by atoms with Crippen molar-refractivity contribution in [2.45, 2.75) is 44.9 Å². The Hall–Kier alpha value is 0.0900. The van der Waals surface area contributed by atoms with E-state index < -0.39 is 10.0 Å². The third-order valence-electron chi connectivity index (χ3n) is 4.61. The normalized spacial score (nSPS) is 19.7. The molecule has 0 aliphatic carbocycles. The van der Waals surface area contributed by atoms with Crippen molar-refractivity contribution in [3.63, 3.8) is 0 Å². The van der Waals surface area contributed by atoms with Gasteiger partial charge in [0, 0.05) is 22.0 Å². The molecule has 0 spiro atoms. The lowest BCUT2D eigenvalue weighted by atomic mass is 9.79. The van der Waals surface area contributed by atoms with Crippen molar-refractivity contribution in [2.24, 2.45) is 5.41 Å². The summed E-state index contributed by atoms with van der Waals surface area (Å²) < 4.78 is 28.8. The van der Waals surface area contributed by atoms with Gasteiger partial charge in [0.15, 0.2) is 0 Å². The fourth-order valence-corrected chi connectivity index (χ4v) is 5.66. The molecule has 2 rings (SSSR count). The Balaban J connectivity index is 2.30. The topological polar surface area (TPSA) is 37.4 Å². The van der Waals surface area contributed by atoms with Gasteiger partial charge in [0.1, 0.15) is 0 Å². The molecule has 1 aromatic carbocycles. The minimum atomic E-state index is -3.43. The Labute approximate surface area is 144 Å². The van der Waals surface area contributed by atoms with Crippen LogP contribution < -0.4 is 0 Å². The van der Waals surface area contributed by atoms with Gasteiger partial charge in [-0.1, -0.05) is 36.2 Å². The molecule has 0 bridgehead atoms. The summed E-state index contributed by atoms with van der Waals surface area (Å²) in [4.78, 5) is 0.347. The van der Waals surface area contributed by atoms with Crippen LogP contribution in [0.15, 0.2) is 26.0 Å². The molecule has 3 nitrogen and oxygen atoms in total. The lowest BCUT2D eigenvalue weighted by Crippen LogP contribution is -2.42. The van der Waals surface area contributed by atoms with Crippen LogP contribution in [0.1, 0.15) is 38.7 Å². The largest absolute Gasteiger partial charge is 0.244 e. The first-order valence-corrected chi connectivity index (χ1v) is 10.2. The number of halogens is 2. The summed E-state index contributed by atoms with van der Waals surface area (Å²) in [6, 6.07) is 3.54. The number of sulfonamides is 1. The Morgan fingerprint density at radius 1 is 1.19 bits per heavy atom. The van der Waals surface area contributed by atoms with E-state index in [1.807, 2.05) is 13.0 Å². The summed E-state index contributed by atoms with van der Waals surface area (Å²) in [6.07, 6.45) is 2.95. The van der Waals surface area contributed by atoms with E-state index >= 15 is 0 Å². The predicted octanol–water partition coefficient (Wildman–Crippen LogP) is 4.72. The lowest BCUT2D eigenvalue weighted by molar-refractivity contribution is 0.169. The van der Waals surface area contributed by atoms with Crippen LogP contribution in [-0.4, -0.2) is 25.8 Å². The van der Waals surface area contributed by atoms with Crippen LogP contribution in [0.3, 0.4) is 0 Å². The monoisotopic (exact) mass is 437 g/mol. The van der Waals surface area contributed by atoms with E-state index in [-0.39, 0.29) is 5.41 Å². The average molecular weight is 439 g/mol. The zero-order valence-corrected chi connectivity index (χ0v) is 16.6. The molecular formula is C15H21Br2NO2S. The van der Waals surface area contributed by atoms with Gasteiger partial charge in [-0.2, -0.15) is 4.31 Å². The van der Waals surface area contributed by atoms with Crippen LogP contribution in [0.25, 0.3) is 0 Å². The van der Waals surface area contributed by atoms with Gasteiger partial charge in [0.25, 0.3) is 0 Å². The molecule has 1 aliphatic heterocycles. The van der Waals surface area contributed by atoms with Crippen molar-refractivity contribution in [3.8, 4) is 0 Å². The van der Waals surface area contributed by atoms with Crippen LogP contribution >= 0.6 is 31.9 Å². The molecule has 0 aromatic heterocycles. The summed E-state index contributed by atoms with van der Waals surface area (Å²) in [7, 11) is -3.43. The zero-order valence-electron chi connectivity index (χ0n) is 12.6. The zero-order chi connectivity index (χ0) is 15.8. The van der Waals surface area contributed by atoms with Gasteiger partial charge >= 0.3 is 0 Å². The standard InChI is InChI=1S/C15H21Br2NO2S/c1-4-15(3)5-7-18(8-6-15)21(19,20)14-10-12(16)11(2)9-13(14)17/h9-10H,4-8H2,1-3H3. The smallest absolute Gasteiger partial charge is 0.207 e. The molecule has 0 radical (unpaired) electrons. The first-order valence-electron chi connectivity index (χ1n) is 7.15. The van der Waals surface area contributed by atoms with Gasteiger partial charge in [-0.25, -0.2) is 8.42 Å². The minimum Gasteiger partial charge on any atom is -0.207 e. The summed E-state index contributed by atoms with van der Waals surface area (Å²) >= 11 is 6.82. The molecule has 1 aliphatic rings. The van der Waals surface area contributed by atoms with Gasteiger partial charge in [0.05, 0.1) is 4.90 Å². The van der Waals surface area contributed by atoms with E-state index in [0.717, 1.165) is 29.3 Å². The third kappa shape index (κ3) is 3.54. The molecule has 0 N–H and O–H groups in total. The lowest BCUT2D eigenvalue weighted by Gasteiger charge is -2.38. The van der Waals surface area contributed by atoms with Gasteiger partial charge in [-0.15, -0.1) is 0 Å². The second-order valence-corrected chi connectivity index (χ2v) is 9.72. The summed E-state index contributed by atoms with van der Waals surface area (Å²) in [5.74, 6) is 0. The van der Waals surface area contributed by atoms with E-state index in [4.69, 9.17) is 0 Å². The van der Waals surface area contributed by atoms with Gasteiger partial charge in [-0.05, 0) is 58.8 Å². The van der Waals surface area contributed by atoms with E-state index in [1.54, 1.807) is 10.4 Å². The number of nitrogens with zero attached hydrogens (tertiary/aromatic N) is 1. The molecule has 118 valence electrons. The fraction of sp³-hybridized carbons (Fsp3) is 0.600. The Morgan fingerprint density at radius 3 is 2.29 bits per heavy atom. The highest BCUT2D eigenvalue weighted by atomic mass is 79.9. The maximum atomic E-state index is 12.8. The van der Waals surface area contributed by atoms with E-state index in [0.29, 0.717) is 22.5 Å². The molecule has 0 unspecified atom stereocenters. The maximum Gasteiger partial charge on any atom is 0.244 e. The quantitative estimate of drug-likeness (QED) is 0.684. The first kappa shape index (κ1) is 17.4. The molecule has 1 saturated heterocycles. The first-order chi connectivity index (χ1) is 9.69. The van der Waals surface area contributed by atoms with Crippen molar-refractivity contribution >= 4 is 41.9 Å². The minimum absolute atomic E-state index is 0.275. The van der Waals surface area contributed by atoms with Gasteiger partial charge in [0.2, 0.25) is 10.0 Å². The van der Waals surface area contributed by atoms with Crippen LogP contribution in [0.4, 0.5) is 0 Å². The molecule has 1 heterocycles. The predicted molar refractivity (Wildman–Crippen MR) is 93.0 cm³/mol. The molecule has 1 aromatic rings. The van der Waals surface area contributed by atoms with Crippen LogP contribution in [0.5, 0.6) is 0 Å². The van der Waals surface area contributed by atoms with E-state index in [2.05, 4.69) is 45.7 Å². The van der Waals surface area contributed by atoms with Crippen molar-refractivity contribution in [1.82, 2.24) is 4.31 Å². The molecule has 6 heteroatoms. The van der Waals surface area contributed by atoms with E-state index in [1.165, 1.54) is 0 Å². The Morgan fingerprint density at radius 2 is 1.76 bits per heavy atom. The van der Waals surface area contributed by atoms with Crippen molar-refractivity contribution in [2.75, 3.05) is 13.1 Å². The van der Waals surface area contributed by atoms with Crippen molar-refractivity contribution in [3.05, 3.63) is 26.6 Å². The maximum absolute atomic E-state index is 12.8. The van der Waals surface area contributed by atoms with E-state index in [9.17, 15) is 8.42 Å². The summed E-state index contributed by atoms with van der Waals surface area (Å²) in [5.41, 5.74) is 1.29. The Bertz CT molecular complexity index is 635. The van der Waals surface area contributed by atoms with Gasteiger partial charge < -0.3 is 0 Å². The van der Waals surface area contributed by atoms with Crippen molar-refractivity contribution < 1.29 is 8.42 Å². The number of aryl methyl sites for hydroxylation is 1. The molecule has 21 heavy (non-hydrogen) atoms. The molecule has 0 atom stereocenters. The average Bonchev–Trinajstić information content (AvgIpc) is 2.43. The number of hydrogen-bond donors (Lipinski definition) is 0. The second kappa shape index (κ2) is 6.30. The summed E-state index contributed by atoms with van der Waals surface area (Å²) in [5, 5.41) is 0. The molecular weight excluding hydrogens is 418 g/mol. The van der Waals surface area contributed by atoms with Crippen LogP contribution in [-0.2, 0) is 10.0 Å². The van der Waals surface area contributed by atoms with Crippen LogP contribution in [0, 0.1) is 12.3 Å². The number of rotatable bonds is 3. The van der Waals surface area contributed by atoms with Gasteiger partial charge in [-0.3, -0.25) is 0 Å². The van der Waals surface area contributed by atoms with Crippen molar-refractivity contribution in [1.29, 1.82) is 0 Å². The number of piperidine rings is 1.